The van der Waals surface area contributed by atoms with Crippen LogP contribution in [-0.4, -0.2) is 6.54 Å². The third-order valence-corrected chi connectivity index (χ3v) is 3.31. The Kier molecular flexibility index (Phi) is 3.39. The molecule has 0 spiro atoms. The molecule has 20 heavy (non-hydrogen) atoms. The molecule has 1 unspecified atom stereocenters. The lowest BCUT2D eigenvalue weighted by atomic mass is 10.1. The maximum absolute atomic E-state index is 12.9. The first kappa shape index (κ1) is 12.7. The Morgan fingerprint density at radius 2 is 1.85 bits per heavy atom. The number of halogens is 1. The lowest BCUT2D eigenvalue weighted by Crippen LogP contribution is -2.20. The Hall–Kier alpha value is -2.33. The molecule has 0 bridgehead atoms. The van der Waals surface area contributed by atoms with E-state index in [1.165, 1.54) is 12.1 Å². The summed E-state index contributed by atoms with van der Waals surface area (Å²) in [5, 5.41) is 4.34. The summed E-state index contributed by atoms with van der Waals surface area (Å²) in [6.45, 7) is 0.418. The number of nitrogens with two attached hydrogens (primary N) is 1. The maximum Gasteiger partial charge on any atom is 0.134 e. The van der Waals surface area contributed by atoms with Crippen molar-refractivity contribution in [3.8, 4) is 0 Å². The molecule has 1 heterocycles. The van der Waals surface area contributed by atoms with Crippen molar-refractivity contribution in [3.63, 3.8) is 0 Å². The van der Waals surface area contributed by atoms with Crippen molar-refractivity contribution in [1.82, 2.24) is 0 Å². The summed E-state index contributed by atoms with van der Waals surface area (Å²) >= 11 is 0. The van der Waals surface area contributed by atoms with E-state index in [0.717, 1.165) is 22.2 Å². The van der Waals surface area contributed by atoms with E-state index in [1.54, 1.807) is 18.4 Å². The van der Waals surface area contributed by atoms with Crippen molar-refractivity contribution < 1.29 is 8.81 Å². The highest BCUT2D eigenvalue weighted by atomic mass is 19.1. The second-order valence-electron chi connectivity index (χ2n) is 4.63. The number of hydrogen-bond acceptors (Lipinski definition) is 3. The topological polar surface area (TPSA) is 51.2 Å². The molecule has 3 N–H and O–H groups in total. The van der Waals surface area contributed by atoms with Crippen LogP contribution < -0.4 is 11.1 Å². The molecule has 0 fully saturated rings. The van der Waals surface area contributed by atoms with Crippen LogP contribution in [0.3, 0.4) is 0 Å². The van der Waals surface area contributed by atoms with Crippen molar-refractivity contribution in [2.75, 3.05) is 11.9 Å². The molecular weight excluding hydrogens is 255 g/mol. The Labute approximate surface area is 116 Å². The molecule has 0 saturated carbocycles. The first-order valence-electron chi connectivity index (χ1n) is 6.46. The summed E-state index contributed by atoms with van der Waals surface area (Å²) < 4.78 is 18.5. The van der Waals surface area contributed by atoms with Crippen LogP contribution >= 0.6 is 0 Å². The Balaban J connectivity index is 1.91. The minimum Gasteiger partial charge on any atom is -0.464 e. The molecule has 0 radical (unpaired) electrons. The van der Waals surface area contributed by atoms with Gasteiger partial charge in [-0.1, -0.05) is 18.2 Å². The third-order valence-electron chi connectivity index (χ3n) is 3.31. The third kappa shape index (κ3) is 2.38. The fraction of sp³-hybridized carbons (Fsp3) is 0.125. The van der Waals surface area contributed by atoms with E-state index in [-0.39, 0.29) is 11.9 Å². The number of nitrogens with one attached hydrogen (secondary N) is 1. The van der Waals surface area contributed by atoms with Gasteiger partial charge in [-0.3, -0.25) is 0 Å². The fourth-order valence-electron chi connectivity index (χ4n) is 2.28. The average molecular weight is 270 g/mol. The lowest BCUT2D eigenvalue weighted by molar-refractivity contribution is 0.604. The van der Waals surface area contributed by atoms with Crippen molar-refractivity contribution in [2.45, 2.75) is 6.04 Å². The molecule has 3 nitrogen and oxygen atoms in total. The Morgan fingerprint density at radius 3 is 2.60 bits per heavy atom. The van der Waals surface area contributed by atoms with Crippen LogP contribution in [0, 0.1) is 5.82 Å². The summed E-state index contributed by atoms with van der Waals surface area (Å²) in [6.07, 6.45) is 1.72. The molecular formula is C16H15FN2O. The van der Waals surface area contributed by atoms with Gasteiger partial charge in [0.2, 0.25) is 0 Å². The van der Waals surface area contributed by atoms with Crippen LogP contribution in [0.5, 0.6) is 0 Å². The van der Waals surface area contributed by atoms with Crippen LogP contribution in [0.1, 0.15) is 11.6 Å². The van der Waals surface area contributed by atoms with Gasteiger partial charge in [0.25, 0.3) is 0 Å². The van der Waals surface area contributed by atoms with Gasteiger partial charge in [0.15, 0.2) is 0 Å². The normalized spacial score (nSPS) is 12.5. The Morgan fingerprint density at radius 1 is 1.10 bits per heavy atom. The molecule has 1 atom stereocenters. The number of para-hydroxylation sites is 1. The molecule has 0 aliphatic carbocycles. The van der Waals surface area contributed by atoms with Crippen molar-refractivity contribution >= 4 is 16.7 Å². The number of benzene rings is 2. The predicted molar refractivity (Wildman–Crippen MR) is 78.0 cm³/mol. The smallest absolute Gasteiger partial charge is 0.134 e. The van der Waals surface area contributed by atoms with Gasteiger partial charge in [-0.2, -0.15) is 0 Å². The molecule has 102 valence electrons. The molecule has 0 aliphatic rings. The predicted octanol–water partition coefficient (Wildman–Crippen LogP) is 3.68. The molecule has 0 aliphatic heterocycles. The van der Waals surface area contributed by atoms with Gasteiger partial charge in [-0.15, -0.1) is 0 Å². The standard InChI is InChI=1S/C16H15FN2O/c17-11-5-7-12(8-6-11)19-15(9-18)14-10-20-16-4-2-1-3-13(14)16/h1-8,10,15,19H,9,18H2. The minimum atomic E-state index is -0.256. The summed E-state index contributed by atoms with van der Waals surface area (Å²) in [6, 6.07) is 14.0. The highest BCUT2D eigenvalue weighted by Gasteiger charge is 2.15. The number of anilines is 1. The first-order chi connectivity index (χ1) is 9.78. The quantitative estimate of drug-likeness (QED) is 0.760. The van der Waals surface area contributed by atoms with Crippen molar-refractivity contribution in [1.29, 1.82) is 0 Å². The van der Waals surface area contributed by atoms with E-state index in [0.29, 0.717) is 6.54 Å². The highest BCUT2D eigenvalue weighted by Crippen LogP contribution is 2.28. The monoisotopic (exact) mass is 270 g/mol. The zero-order valence-corrected chi connectivity index (χ0v) is 10.8. The molecule has 3 rings (SSSR count). The number of fused-ring (bicyclic) bond motifs is 1. The molecule has 2 aromatic carbocycles. The van der Waals surface area contributed by atoms with E-state index < -0.39 is 0 Å². The van der Waals surface area contributed by atoms with Crippen LogP contribution in [0.2, 0.25) is 0 Å². The van der Waals surface area contributed by atoms with Crippen LogP contribution in [-0.2, 0) is 0 Å². The lowest BCUT2D eigenvalue weighted by Gasteiger charge is -2.17. The number of furan rings is 1. The van der Waals surface area contributed by atoms with Crippen molar-refractivity contribution in [2.24, 2.45) is 5.73 Å². The second kappa shape index (κ2) is 5.35. The summed E-state index contributed by atoms with van der Waals surface area (Å²) in [5.41, 5.74) is 8.52. The summed E-state index contributed by atoms with van der Waals surface area (Å²) in [4.78, 5) is 0. The van der Waals surface area contributed by atoms with Crippen LogP contribution in [0.25, 0.3) is 11.0 Å². The fourth-order valence-corrected chi connectivity index (χ4v) is 2.28. The summed E-state index contributed by atoms with van der Waals surface area (Å²) in [7, 11) is 0. The van der Waals surface area contributed by atoms with Gasteiger partial charge in [0.05, 0.1) is 12.3 Å². The van der Waals surface area contributed by atoms with Gasteiger partial charge in [0.1, 0.15) is 11.4 Å². The maximum atomic E-state index is 12.9. The van der Waals surface area contributed by atoms with E-state index in [1.807, 2.05) is 24.3 Å². The SMILES string of the molecule is NCC(Nc1ccc(F)cc1)c1coc2ccccc12. The molecule has 3 aromatic rings. The van der Waals surface area contributed by atoms with E-state index in [9.17, 15) is 4.39 Å². The van der Waals surface area contributed by atoms with E-state index in [4.69, 9.17) is 10.2 Å². The van der Waals surface area contributed by atoms with Gasteiger partial charge in [-0.25, -0.2) is 4.39 Å². The molecule has 0 amide bonds. The average Bonchev–Trinajstić information content (AvgIpc) is 2.91. The molecule has 4 heteroatoms. The molecule has 1 aromatic heterocycles. The zero-order valence-electron chi connectivity index (χ0n) is 10.8. The second-order valence-corrected chi connectivity index (χ2v) is 4.63. The van der Waals surface area contributed by atoms with Gasteiger partial charge < -0.3 is 15.5 Å². The number of hydrogen-bond donors (Lipinski definition) is 2. The zero-order chi connectivity index (χ0) is 13.9. The minimum absolute atomic E-state index is 0.0795. The first-order valence-corrected chi connectivity index (χ1v) is 6.46. The van der Waals surface area contributed by atoms with E-state index >= 15 is 0 Å². The highest BCUT2D eigenvalue weighted by molar-refractivity contribution is 5.81. The largest absolute Gasteiger partial charge is 0.464 e. The van der Waals surface area contributed by atoms with Gasteiger partial charge in [0, 0.05) is 23.2 Å². The van der Waals surface area contributed by atoms with E-state index in [2.05, 4.69) is 5.32 Å². The van der Waals surface area contributed by atoms with Crippen LogP contribution in [0.15, 0.2) is 59.2 Å². The van der Waals surface area contributed by atoms with Gasteiger partial charge >= 0.3 is 0 Å². The van der Waals surface area contributed by atoms with Crippen LogP contribution in [0.4, 0.5) is 10.1 Å². The number of rotatable bonds is 4. The van der Waals surface area contributed by atoms with Gasteiger partial charge in [-0.05, 0) is 30.3 Å². The van der Waals surface area contributed by atoms with Crippen molar-refractivity contribution in [3.05, 3.63) is 66.2 Å². The molecule has 0 saturated heterocycles. The summed E-state index contributed by atoms with van der Waals surface area (Å²) in [5.74, 6) is -0.256. The Bertz CT molecular complexity index is 706.